The van der Waals surface area contributed by atoms with E-state index >= 15 is 0 Å². The molecule has 5 heteroatoms. The Labute approximate surface area is 454 Å². The van der Waals surface area contributed by atoms with Crippen LogP contribution in [-0.2, 0) is 10.8 Å². The van der Waals surface area contributed by atoms with Gasteiger partial charge in [-0.1, -0.05) is 205 Å². The number of thiophene rings is 1. The third-order valence-electron chi connectivity index (χ3n) is 17.7. The zero-order valence-corrected chi connectivity index (χ0v) is 45.0. The summed E-state index contributed by atoms with van der Waals surface area (Å²) < 4.78 is 4.94. The Balaban J connectivity index is 0.899. The zero-order chi connectivity index (χ0) is 52.2. The molecular formula is C72H56N4S. The van der Waals surface area contributed by atoms with Crippen molar-refractivity contribution in [3.63, 3.8) is 0 Å². The number of benzene rings is 10. The Hall–Kier alpha value is -8.77. The average molecular weight is 1010 g/mol. The summed E-state index contributed by atoms with van der Waals surface area (Å²) in [6.07, 6.45) is 0. The van der Waals surface area contributed by atoms with Crippen LogP contribution in [0.2, 0.25) is 0 Å². The minimum atomic E-state index is -0.0570. The maximum atomic E-state index is 5.40. The van der Waals surface area contributed by atoms with Crippen LogP contribution in [-0.4, -0.2) is 19.5 Å². The summed E-state index contributed by atoms with van der Waals surface area (Å²) in [5, 5.41) is 4.83. The fourth-order valence-corrected chi connectivity index (χ4v) is 13.6. The molecule has 1 aliphatic rings. The highest BCUT2D eigenvalue weighted by Crippen LogP contribution is 2.63. The largest absolute Gasteiger partial charge is 0.309 e. The minimum Gasteiger partial charge on any atom is -0.309 e. The fourth-order valence-electron chi connectivity index (χ4n) is 12.5. The lowest BCUT2D eigenvalue weighted by molar-refractivity contribution is 0.125. The van der Waals surface area contributed by atoms with E-state index in [0.717, 1.165) is 44.3 Å². The Kier molecular flexibility index (Phi) is 10.7. The third-order valence-corrected chi connectivity index (χ3v) is 18.9. The van der Waals surface area contributed by atoms with Gasteiger partial charge in [0.15, 0.2) is 17.5 Å². The van der Waals surface area contributed by atoms with E-state index in [4.69, 9.17) is 15.0 Å². The Morgan fingerprint density at radius 1 is 0.338 bits per heavy atom. The molecule has 13 aromatic rings. The highest BCUT2D eigenvalue weighted by atomic mass is 32.1. The number of aromatic nitrogens is 4. The first-order valence-corrected chi connectivity index (χ1v) is 27.6. The molecule has 14 rings (SSSR count). The summed E-state index contributed by atoms with van der Waals surface area (Å²) in [7, 11) is 0. The van der Waals surface area contributed by atoms with Gasteiger partial charge in [-0.05, 0) is 139 Å². The van der Waals surface area contributed by atoms with Gasteiger partial charge in [0.2, 0.25) is 0 Å². The molecule has 0 radical (unpaired) electrons. The van der Waals surface area contributed by atoms with Gasteiger partial charge in [0.1, 0.15) is 0 Å². The van der Waals surface area contributed by atoms with Crippen molar-refractivity contribution in [2.75, 3.05) is 0 Å². The van der Waals surface area contributed by atoms with E-state index in [1.807, 2.05) is 29.5 Å². The number of para-hydroxylation sites is 1. The van der Waals surface area contributed by atoms with Gasteiger partial charge in [0, 0.05) is 47.6 Å². The number of rotatable bonds is 8. The first-order chi connectivity index (χ1) is 37.4. The molecule has 3 aromatic heterocycles. The second-order valence-electron chi connectivity index (χ2n) is 22.4. The SMILES string of the molecule is CC1(C)c2cccc(-n3c4ccccc4c4cc(-c5ccc6sc7cccc(-c8nc(-c9ccccc9)nc(-c9cccc(-c%10cc(-c%11ccccc%11)cc(-c%11ccccc%11)c%10)c9)n8)c7c6c5)ccc43)c2C(C)(C)C1(C)C. The number of hydrogen-bond donors (Lipinski definition) is 0. The fraction of sp³-hybridized carbons (Fsp3) is 0.125. The second kappa shape index (κ2) is 17.7. The third kappa shape index (κ3) is 7.43. The zero-order valence-electron chi connectivity index (χ0n) is 44.1. The van der Waals surface area contributed by atoms with Gasteiger partial charge in [-0.3, -0.25) is 0 Å². The molecule has 0 aliphatic heterocycles. The molecule has 370 valence electrons. The van der Waals surface area contributed by atoms with Crippen LogP contribution in [0.1, 0.15) is 52.7 Å². The molecule has 0 spiro atoms. The Morgan fingerprint density at radius 3 is 1.55 bits per heavy atom. The molecule has 1 aliphatic carbocycles. The van der Waals surface area contributed by atoms with Gasteiger partial charge in [-0.15, -0.1) is 11.3 Å². The van der Waals surface area contributed by atoms with Crippen molar-refractivity contribution >= 4 is 53.3 Å². The standard InChI is InChI=1S/C72H56N4S/c1-70(2)59-31-20-33-62(66(59)71(3,4)72(70,5)6)76-60-32-17-16-29-55(60)57-43-49(35-37-61(57)76)50-36-38-63-58(44-50)65-56(30-19-34-64(65)77-63)69-74-67(47-25-14-9-15-26-47)73-68(75-69)51-28-18-27-48(39-51)54-41-52(45-21-10-7-11-22-45)40-53(42-54)46-23-12-8-13-24-46/h7-44H,1-6H3. The highest BCUT2D eigenvalue weighted by Gasteiger charge is 2.57. The molecule has 4 nitrogen and oxygen atoms in total. The van der Waals surface area contributed by atoms with E-state index in [1.165, 1.54) is 75.7 Å². The van der Waals surface area contributed by atoms with Crippen molar-refractivity contribution in [3.05, 3.63) is 242 Å². The van der Waals surface area contributed by atoms with Crippen LogP contribution in [0.3, 0.4) is 0 Å². The molecule has 0 bridgehead atoms. The van der Waals surface area contributed by atoms with Gasteiger partial charge < -0.3 is 4.57 Å². The van der Waals surface area contributed by atoms with E-state index in [9.17, 15) is 0 Å². The van der Waals surface area contributed by atoms with Crippen LogP contribution in [0.25, 0.3) is 126 Å². The van der Waals surface area contributed by atoms with Crippen LogP contribution in [0.4, 0.5) is 0 Å². The molecule has 77 heavy (non-hydrogen) atoms. The van der Waals surface area contributed by atoms with Crippen molar-refractivity contribution in [1.82, 2.24) is 19.5 Å². The molecule has 10 aromatic carbocycles. The summed E-state index contributed by atoms with van der Waals surface area (Å²) in [5.41, 5.74) is 18.7. The van der Waals surface area contributed by atoms with Gasteiger partial charge in [-0.25, -0.2) is 15.0 Å². The first-order valence-electron chi connectivity index (χ1n) is 26.7. The van der Waals surface area contributed by atoms with Gasteiger partial charge in [0.05, 0.1) is 16.7 Å². The molecule has 0 saturated carbocycles. The van der Waals surface area contributed by atoms with Crippen molar-refractivity contribution in [3.8, 4) is 84.4 Å². The van der Waals surface area contributed by atoms with Crippen LogP contribution in [0.5, 0.6) is 0 Å². The maximum absolute atomic E-state index is 5.40. The van der Waals surface area contributed by atoms with Crippen LogP contribution in [0, 0.1) is 5.41 Å². The van der Waals surface area contributed by atoms with Gasteiger partial charge in [-0.2, -0.15) is 0 Å². The summed E-state index contributed by atoms with van der Waals surface area (Å²) >= 11 is 1.81. The molecule has 0 amide bonds. The summed E-state index contributed by atoms with van der Waals surface area (Å²) in [4.78, 5) is 15.9. The topological polar surface area (TPSA) is 43.6 Å². The maximum Gasteiger partial charge on any atom is 0.164 e. The van der Waals surface area contributed by atoms with E-state index in [2.05, 4.69) is 258 Å². The van der Waals surface area contributed by atoms with E-state index in [-0.39, 0.29) is 16.2 Å². The summed E-state index contributed by atoms with van der Waals surface area (Å²) in [6, 6.07) is 83.5. The molecule has 3 heterocycles. The summed E-state index contributed by atoms with van der Waals surface area (Å²) in [6.45, 7) is 14.6. The Morgan fingerprint density at radius 2 is 0.844 bits per heavy atom. The average Bonchev–Trinajstić information content (AvgIpc) is 4.22. The lowest BCUT2D eigenvalue weighted by Crippen LogP contribution is -2.42. The molecule has 0 atom stereocenters. The van der Waals surface area contributed by atoms with Crippen molar-refractivity contribution < 1.29 is 0 Å². The van der Waals surface area contributed by atoms with Gasteiger partial charge >= 0.3 is 0 Å². The Bertz CT molecular complexity index is 4410. The molecule has 0 saturated heterocycles. The van der Waals surface area contributed by atoms with E-state index < -0.39 is 0 Å². The lowest BCUT2D eigenvalue weighted by Gasteiger charge is -2.44. The summed E-state index contributed by atoms with van der Waals surface area (Å²) in [5.74, 6) is 1.90. The van der Waals surface area contributed by atoms with Crippen molar-refractivity contribution in [2.24, 2.45) is 5.41 Å². The quantitative estimate of drug-likeness (QED) is 0.152. The highest BCUT2D eigenvalue weighted by molar-refractivity contribution is 7.26. The predicted molar refractivity (Wildman–Crippen MR) is 325 cm³/mol. The number of fused-ring (bicyclic) bond motifs is 7. The normalized spacial score (nSPS) is 14.4. The molecular weight excluding hydrogens is 953 g/mol. The predicted octanol–water partition coefficient (Wildman–Crippen LogP) is 19.6. The smallest absolute Gasteiger partial charge is 0.164 e. The minimum absolute atomic E-state index is 0.00498. The van der Waals surface area contributed by atoms with Crippen LogP contribution >= 0.6 is 11.3 Å². The number of hydrogen-bond acceptors (Lipinski definition) is 4. The van der Waals surface area contributed by atoms with Crippen LogP contribution < -0.4 is 0 Å². The van der Waals surface area contributed by atoms with Crippen molar-refractivity contribution in [1.29, 1.82) is 0 Å². The van der Waals surface area contributed by atoms with E-state index in [1.54, 1.807) is 0 Å². The second-order valence-corrected chi connectivity index (χ2v) is 23.5. The lowest BCUT2D eigenvalue weighted by atomic mass is 9.59. The van der Waals surface area contributed by atoms with Crippen LogP contribution in [0.15, 0.2) is 231 Å². The van der Waals surface area contributed by atoms with E-state index in [0.29, 0.717) is 17.5 Å². The number of nitrogens with zero attached hydrogens (tertiary/aromatic N) is 4. The molecule has 0 fully saturated rings. The molecule has 0 N–H and O–H groups in total. The van der Waals surface area contributed by atoms with Crippen molar-refractivity contribution in [2.45, 2.75) is 52.4 Å². The molecule has 0 unspecified atom stereocenters. The first kappa shape index (κ1) is 46.7. The monoisotopic (exact) mass is 1010 g/mol. The van der Waals surface area contributed by atoms with Gasteiger partial charge in [0.25, 0.3) is 0 Å².